The molecular weight excluding hydrogens is 256 g/mol. The van der Waals surface area contributed by atoms with Crippen LogP contribution < -0.4 is 0 Å². The van der Waals surface area contributed by atoms with Crippen LogP contribution in [0.5, 0.6) is 0 Å². The van der Waals surface area contributed by atoms with Crippen molar-refractivity contribution in [2.24, 2.45) is 0 Å². The summed E-state index contributed by atoms with van der Waals surface area (Å²) in [5.41, 5.74) is 0. The van der Waals surface area contributed by atoms with E-state index in [4.69, 9.17) is 9.47 Å². The molecule has 0 saturated carbocycles. The zero-order valence-electron chi connectivity index (χ0n) is 12.6. The molecule has 0 saturated heterocycles. The van der Waals surface area contributed by atoms with Crippen LogP contribution in [0, 0.1) is 0 Å². The predicted octanol–water partition coefficient (Wildman–Crippen LogP) is 3.54. The largest absolute Gasteiger partial charge is 0.463 e. The summed E-state index contributed by atoms with van der Waals surface area (Å²) in [5, 5.41) is 0. The van der Waals surface area contributed by atoms with Gasteiger partial charge in [0.15, 0.2) is 0 Å². The van der Waals surface area contributed by atoms with Crippen LogP contribution in [-0.4, -0.2) is 24.1 Å². The zero-order valence-corrected chi connectivity index (χ0v) is 12.6. The molecule has 20 heavy (non-hydrogen) atoms. The molecule has 0 fully saturated rings. The van der Waals surface area contributed by atoms with E-state index in [0.717, 1.165) is 38.5 Å². The van der Waals surface area contributed by atoms with Gasteiger partial charge in [-0.3, -0.25) is 9.59 Å². The van der Waals surface area contributed by atoms with Gasteiger partial charge in [-0.05, 0) is 51.9 Å². The van der Waals surface area contributed by atoms with Crippen molar-refractivity contribution in [2.45, 2.75) is 77.4 Å². The van der Waals surface area contributed by atoms with Crippen molar-refractivity contribution >= 4 is 11.9 Å². The number of esters is 2. The number of hydrogen-bond donors (Lipinski definition) is 0. The fraction of sp³-hybridized carbons (Fsp3) is 0.750. The number of ether oxygens (including phenoxy) is 2. The predicted molar refractivity (Wildman–Crippen MR) is 77.2 cm³/mol. The number of allylic oxidation sites excluding steroid dienone is 2. The Hall–Kier alpha value is -1.32. The molecule has 1 heterocycles. The lowest BCUT2D eigenvalue weighted by Crippen LogP contribution is -2.20. The topological polar surface area (TPSA) is 52.6 Å². The molecule has 0 aromatic carbocycles. The van der Waals surface area contributed by atoms with Crippen LogP contribution in [0.15, 0.2) is 12.2 Å². The van der Waals surface area contributed by atoms with Crippen LogP contribution in [0.25, 0.3) is 0 Å². The first-order valence-corrected chi connectivity index (χ1v) is 7.59. The molecule has 0 spiro atoms. The fourth-order valence-corrected chi connectivity index (χ4v) is 2.32. The third kappa shape index (κ3) is 7.97. The van der Waals surface area contributed by atoms with Gasteiger partial charge in [0.25, 0.3) is 0 Å². The van der Waals surface area contributed by atoms with E-state index in [0.29, 0.717) is 12.8 Å². The summed E-state index contributed by atoms with van der Waals surface area (Å²) in [5.74, 6) is -0.478. The molecule has 0 bridgehead atoms. The maximum Gasteiger partial charge on any atom is 0.306 e. The monoisotopic (exact) mass is 282 g/mol. The van der Waals surface area contributed by atoms with Gasteiger partial charge in [0.05, 0.1) is 6.10 Å². The molecule has 4 nitrogen and oxygen atoms in total. The summed E-state index contributed by atoms with van der Waals surface area (Å²) >= 11 is 0. The Kier molecular flexibility index (Phi) is 8.00. The number of rotatable bonds is 1. The molecule has 0 aromatic heterocycles. The van der Waals surface area contributed by atoms with E-state index >= 15 is 0 Å². The number of carbonyl (C=O) groups excluding carboxylic acids is 2. The molecule has 2 unspecified atom stereocenters. The lowest BCUT2D eigenvalue weighted by atomic mass is 10.1. The Bertz CT molecular complexity index is 335. The van der Waals surface area contributed by atoms with Crippen LogP contribution in [0.1, 0.15) is 65.2 Å². The van der Waals surface area contributed by atoms with E-state index in [1.54, 1.807) is 0 Å². The van der Waals surface area contributed by atoms with Crippen molar-refractivity contribution in [2.75, 3.05) is 0 Å². The van der Waals surface area contributed by atoms with Gasteiger partial charge < -0.3 is 9.47 Å². The quantitative estimate of drug-likeness (QED) is 0.545. The Balaban J connectivity index is 2.53. The van der Waals surface area contributed by atoms with E-state index in [1.165, 1.54) is 6.92 Å². The summed E-state index contributed by atoms with van der Waals surface area (Å²) in [4.78, 5) is 22.8. The highest BCUT2D eigenvalue weighted by Gasteiger charge is 2.16. The first-order valence-electron chi connectivity index (χ1n) is 7.59. The lowest BCUT2D eigenvalue weighted by molar-refractivity contribution is -0.153. The average molecular weight is 282 g/mol. The molecule has 0 aliphatic carbocycles. The molecular formula is C16H26O4. The maximum atomic E-state index is 11.7. The minimum atomic E-state index is -0.280. The van der Waals surface area contributed by atoms with Crippen LogP contribution >= 0.6 is 0 Å². The molecule has 1 aliphatic heterocycles. The van der Waals surface area contributed by atoms with E-state index in [9.17, 15) is 9.59 Å². The van der Waals surface area contributed by atoms with E-state index in [1.807, 2.05) is 6.92 Å². The molecule has 0 radical (unpaired) electrons. The number of carbonyl (C=O) groups is 2. The van der Waals surface area contributed by atoms with Crippen LogP contribution in [-0.2, 0) is 19.1 Å². The number of hydrogen-bond acceptors (Lipinski definition) is 4. The first-order chi connectivity index (χ1) is 9.58. The Morgan fingerprint density at radius 3 is 2.70 bits per heavy atom. The minimum Gasteiger partial charge on any atom is -0.463 e. The van der Waals surface area contributed by atoms with Gasteiger partial charge in [-0.25, -0.2) is 0 Å². The van der Waals surface area contributed by atoms with E-state index < -0.39 is 0 Å². The van der Waals surface area contributed by atoms with Gasteiger partial charge in [-0.15, -0.1) is 0 Å². The summed E-state index contributed by atoms with van der Waals surface area (Å²) in [6.45, 7) is 3.33. The van der Waals surface area contributed by atoms with Gasteiger partial charge in [0.2, 0.25) is 0 Å². The Labute approximate surface area is 121 Å². The van der Waals surface area contributed by atoms with Crippen molar-refractivity contribution < 1.29 is 19.1 Å². The van der Waals surface area contributed by atoms with Crippen molar-refractivity contribution in [3.63, 3.8) is 0 Å². The minimum absolute atomic E-state index is 0.0535. The normalized spacial score (nSPS) is 28.0. The highest BCUT2D eigenvalue weighted by Crippen LogP contribution is 2.15. The standard InChI is InChI=1S/C16H26O4/c1-13-9-7-5-3-4-6-8-10-15(20-14(2)17)11-12-16(18)19-13/h3,5,13,15H,4,6-12H2,1-2H3/b5-3+. The zero-order chi connectivity index (χ0) is 14.8. The first kappa shape index (κ1) is 16.7. The van der Waals surface area contributed by atoms with Gasteiger partial charge in [-0.2, -0.15) is 0 Å². The molecule has 1 aliphatic rings. The maximum absolute atomic E-state index is 11.7. The average Bonchev–Trinajstić information content (AvgIpc) is 2.37. The molecule has 1 rings (SSSR count). The van der Waals surface area contributed by atoms with Crippen molar-refractivity contribution in [1.29, 1.82) is 0 Å². The molecule has 0 aromatic rings. The smallest absolute Gasteiger partial charge is 0.306 e. The van der Waals surface area contributed by atoms with Crippen molar-refractivity contribution in [1.82, 2.24) is 0 Å². The van der Waals surface area contributed by atoms with Crippen LogP contribution in [0.2, 0.25) is 0 Å². The SMILES string of the molecule is CC(=O)OC1CCCC/C=C/CCC(C)OC(=O)CC1. The molecule has 0 amide bonds. The van der Waals surface area contributed by atoms with E-state index in [2.05, 4.69) is 12.2 Å². The van der Waals surface area contributed by atoms with Gasteiger partial charge in [0.1, 0.15) is 6.10 Å². The number of cyclic esters (lactones) is 1. The fourth-order valence-electron chi connectivity index (χ4n) is 2.32. The molecule has 4 heteroatoms. The second-order valence-corrected chi connectivity index (χ2v) is 5.40. The van der Waals surface area contributed by atoms with Crippen molar-refractivity contribution in [3.05, 3.63) is 12.2 Å². The molecule has 2 atom stereocenters. The van der Waals surface area contributed by atoms with Crippen LogP contribution in [0.4, 0.5) is 0 Å². The second-order valence-electron chi connectivity index (χ2n) is 5.40. The Morgan fingerprint density at radius 2 is 1.95 bits per heavy atom. The van der Waals surface area contributed by atoms with Gasteiger partial charge >= 0.3 is 11.9 Å². The molecule has 114 valence electrons. The summed E-state index contributed by atoms with van der Waals surface area (Å²) in [6.07, 6.45) is 10.8. The van der Waals surface area contributed by atoms with Gasteiger partial charge in [0, 0.05) is 13.3 Å². The highest BCUT2D eigenvalue weighted by molar-refractivity contribution is 5.69. The third-order valence-electron chi connectivity index (χ3n) is 3.39. The van der Waals surface area contributed by atoms with Crippen molar-refractivity contribution in [3.8, 4) is 0 Å². The third-order valence-corrected chi connectivity index (χ3v) is 3.39. The second kappa shape index (κ2) is 9.56. The lowest BCUT2D eigenvalue weighted by Gasteiger charge is -2.18. The van der Waals surface area contributed by atoms with E-state index in [-0.39, 0.29) is 24.1 Å². The van der Waals surface area contributed by atoms with Crippen LogP contribution in [0.3, 0.4) is 0 Å². The summed E-state index contributed by atoms with van der Waals surface area (Å²) in [7, 11) is 0. The summed E-state index contributed by atoms with van der Waals surface area (Å²) < 4.78 is 10.6. The Morgan fingerprint density at radius 1 is 1.20 bits per heavy atom. The highest BCUT2D eigenvalue weighted by atomic mass is 16.5. The van der Waals surface area contributed by atoms with Gasteiger partial charge in [-0.1, -0.05) is 12.2 Å². The molecule has 0 N–H and O–H groups in total. The summed E-state index contributed by atoms with van der Waals surface area (Å²) in [6, 6.07) is 0.